The van der Waals surface area contributed by atoms with Crippen LogP contribution >= 0.6 is 0 Å². The molecule has 86 valence electrons. The van der Waals surface area contributed by atoms with Crippen LogP contribution in [0.15, 0.2) is 18.3 Å². The summed E-state index contributed by atoms with van der Waals surface area (Å²) in [7, 11) is 2.80. The highest BCUT2D eigenvalue weighted by molar-refractivity contribution is 5.95. The molecule has 16 heavy (non-hydrogen) atoms. The van der Waals surface area contributed by atoms with Gasteiger partial charge >= 0.3 is 11.9 Å². The van der Waals surface area contributed by atoms with Crippen LogP contribution < -0.4 is 4.90 Å². The summed E-state index contributed by atoms with van der Waals surface area (Å²) in [5.41, 5.74) is 0.244. The molecular weight excluding hydrogens is 212 g/mol. The Labute approximate surface area is 92.5 Å². The Bertz CT molecular complexity index is 406. The van der Waals surface area contributed by atoms with E-state index in [9.17, 15) is 9.59 Å². The molecule has 6 heteroatoms. The fraction of sp³-hybridized carbons (Fsp3) is 0.300. The molecule has 1 aromatic heterocycles. The molecule has 0 aliphatic carbocycles. The maximum absolute atomic E-state index is 11.4. The molecule has 0 amide bonds. The number of carboxylic acids is 1. The number of carbonyl (C=O) groups excluding carboxylic acids is 1. The molecule has 0 radical (unpaired) electrons. The Hall–Kier alpha value is -2.11. The van der Waals surface area contributed by atoms with E-state index in [2.05, 4.69) is 9.72 Å². The largest absolute Gasteiger partial charge is 0.480 e. The van der Waals surface area contributed by atoms with Gasteiger partial charge in [0.2, 0.25) is 0 Å². The molecule has 0 aliphatic rings. The Balaban J connectivity index is 3.03. The van der Waals surface area contributed by atoms with E-state index >= 15 is 0 Å². The minimum Gasteiger partial charge on any atom is -0.480 e. The van der Waals surface area contributed by atoms with E-state index < -0.39 is 11.9 Å². The Morgan fingerprint density at radius 2 is 2.25 bits per heavy atom. The maximum atomic E-state index is 11.4. The van der Waals surface area contributed by atoms with E-state index in [1.54, 1.807) is 13.1 Å². The van der Waals surface area contributed by atoms with Gasteiger partial charge in [-0.1, -0.05) is 0 Å². The lowest BCUT2D eigenvalue weighted by molar-refractivity contribution is -0.135. The number of nitrogens with zero attached hydrogens (tertiary/aromatic N) is 2. The number of esters is 1. The summed E-state index contributed by atoms with van der Waals surface area (Å²) >= 11 is 0. The van der Waals surface area contributed by atoms with Gasteiger partial charge in [0.15, 0.2) is 0 Å². The minimum absolute atomic E-state index is 0.235. The van der Waals surface area contributed by atoms with E-state index in [0.29, 0.717) is 0 Å². The fourth-order valence-corrected chi connectivity index (χ4v) is 1.25. The lowest BCUT2D eigenvalue weighted by atomic mass is 10.2. The summed E-state index contributed by atoms with van der Waals surface area (Å²) < 4.78 is 4.58. The summed E-state index contributed by atoms with van der Waals surface area (Å²) in [6, 6.07) is 3.12. The topological polar surface area (TPSA) is 79.7 Å². The van der Waals surface area contributed by atoms with E-state index in [1.165, 1.54) is 24.3 Å². The van der Waals surface area contributed by atoms with Crippen molar-refractivity contribution in [2.75, 3.05) is 25.6 Å². The SMILES string of the molecule is COC(=O)c1cccnc1N(C)CC(=O)O. The lowest BCUT2D eigenvalue weighted by Gasteiger charge is -2.17. The molecule has 6 nitrogen and oxygen atoms in total. The minimum atomic E-state index is -0.996. The number of likely N-dealkylation sites (N-methyl/N-ethyl adjacent to an activating group) is 1. The second-order valence-electron chi connectivity index (χ2n) is 3.12. The zero-order chi connectivity index (χ0) is 12.1. The van der Waals surface area contributed by atoms with Crippen LogP contribution in [-0.4, -0.2) is 42.7 Å². The van der Waals surface area contributed by atoms with E-state index in [0.717, 1.165) is 0 Å². The average molecular weight is 224 g/mol. The van der Waals surface area contributed by atoms with Crippen molar-refractivity contribution in [2.45, 2.75) is 0 Å². The van der Waals surface area contributed by atoms with Gasteiger partial charge in [0.25, 0.3) is 0 Å². The normalized spacial score (nSPS) is 9.62. The molecule has 0 unspecified atom stereocenters. The van der Waals surface area contributed by atoms with Crippen molar-refractivity contribution in [3.05, 3.63) is 23.9 Å². The molecule has 0 aromatic carbocycles. The Morgan fingerprint density at radius 3 is 2.81 bits per heavy atom. The van der Waals surface area contributed by atoms with Crippen LogP contribution in [0, 0.1) is 0 Å². The van der Waals surface area contributed by atoms with Crippen LogP contribution in [0.2, 0.25) is 0 Å². The first-order valence-electron chi connectivity index (χ1n) is 4.52. The van der Waals surface area contributed by atoms with Crippen molar-refractivity contribution in [1.82, 2.24) is 4.98 Å². The van der Waals surface area contributed by atoms with Gasteiger partial charge in [0, 0.05) is 13.2 Å². The van der Waals surface area contributed by atoms with Gasteiger partial charge in [-0.25, -0.2) is 9.78 Å². The smallest absolute Gasteiger partial charge is 0.341 e. The van der Waals surface area contributed by atoms with Crippen LogP contribution in [0.25, 0.3) is 0 Å². The number of aliphatic carboxylic acids is 1. The van der Waals surface area contributed by atoms with Crippen LogP contribution in [-0.2, 0) is 9.53 Å². The summed E-state index contributed by atoms with van der Waals surface area (Å²) in [4.78, 5) is 27.3. The first-order chi connectivity index (χ1) is 7.56. The van der Waals surface area contributed by atoms with Crippen LogP contribution in [0.1, 0.15) is 10.4 Å². The number of anilines is 1. The number of rotatable bonds is 4. The number of aromatic nitrogens is 1. The number of pyridine rings is 1. The van der Waals surface area contributed by atoms with Crippen molar-refractivity contribution in [2.24, 2.45) is 0 Å². The molecule has 0 bridgehead atoms. The van der Waals surface area contributed by atoms with Crippen LogP contribution in [0.5, 0.6) is 0 Å². The molecule has 1 aromatic rings. The Morgan fingerprint density at radius 1 is 1.56 bits per heavy atom. The maximum Gasteiger partial charge on any atom is 0.341 e. The van der Waals surface area contributed by atoms with Gasteiger partial charge < -0.3 is 14.7 Å². The highest BCUT2D eigenvalue weighted by atomic mass is 16.5. The molecule has 0 saturated carbocycles. The predicted molar refractivity (Wildman–Crippen MR) is 56.5 cm³/mol. The quantitative estimate of drug-likeness (QED) is 0.745. The molecule has 1 N–H and O–H groups in total. The fourth-order valence-electron chi connectivity index (χ4n) is 1.25. The number of carboxylic acid groups (broad SMARTS) is 1. The van der Waals surface area contributed by atoms with Crippen LogP contribution in [0.3, 0.4) is 0 Å². The van der Waals surface area contributed by atoms with E-state index in [1.807, 2.05) is 0 Å². The first kappa shape index (κ1) is 12.0. The average Bonchev–Trinajstić information content (AvgIpc) is 2.27. The zero-order valence-electron chi connectivity index (χ0n) is 9.01. The molecular formula is C10H12N2O4. The number of ether oxygens (including phenoxy) is 1. The molecule has 0 aliphatic heterocycles. The van der Waals surface area contributed by atoms with E-state index in [-0.39, 0.29) is 17.9 Å². The second kappa shape index (κ2) is 5.11. The number of carbonyl (C=O) groups is 2. The van der Waals surface area contributed by atoms with Gasteiger partial charge in [0.05, 0.1) is 7.11 Å². The van der Waals surface area contributed by atoms with Gasteiger partial charge in [0.1, 0.15) is 17.9 Å². The summed E-state index contributed by atoms with van der Waals surface area (Å²) in [6.45, 7) is -0.235. The third-order valence-corrected chi connectivity index (χ3v) is 1.93. The zero-order valence-corrected chi connectivity index (χ0v) is 9.01. The number of methoxy groups -OCH3 is 1. The summed E-state index contributed by atoms with van der Waals surface area (Å²) in [5.74, 6) is -1.25. The molecule has 1 heterocycles. The number of hydrogen-bond donors (Lipinski definition) is 1. The summed E-state index contributed by atoms with van der Waals surface area (Å²) in [5, 5.41) is 8.65. The highest BCUT2D eigenvalue weighted by Gasteiger charge is 2.16. The third kappa shape index (κ3) is 2.69. The highest BCUT2D eigenvalue weighted by Crippen LogP contribution is 2.16. The van der Waals surface area contributed by atoms with Gasteiger partial charge in [-0.2, -0.15) is 0 Å². The first-order valence-corrected chi connectivity index (χ1v) is 4.52. The lowest BCUT2D eigenvalue weighted by Crippen LogP contribution is -2.27. The Kier molecular flexibility index (Phi) is 3.82. The second-order valence-corrected chi connectivity index (χ2v) is 3.12. The van der Waals surface area contributed by atoms with Crippen molar-refractivity contribution in [1.29, 1.82) is 0 Å². The molecule has 0 saturated heterocycles. The molecule has 1 rings (SSSR count). The molecule has 0 spiro atoms. The van der Waals surface area contributed by atoms with Crippen molar-refractivity contribution in [3.8, 4) is 0 Å². The van der Waals surface area contributed by atoms with Gasteiger partial charge in [-0.05, 0) is 12.1 Å². The summed E-state index contributed by atoms with van der Waals surface area (Å²) in [6.07, 6.45) is 1.49. The standard InChI is InChI=1S/C10H12N2O4/c1-12(6-8(13)14)9-7(10(15)16-2)4-3-5-11-9/h3-5H,6H2,1-2H3,(H,13,14). The van der Waals surface area contributed by atoms with Crippen molar-refractivity contribution in [3.63, 3.8) is 0 Å². The van der Waals surface area contributed by atoms with Gasteiger partial charge in [-0.15, -0.1) is 0 Å². The van der Waals surface area contributed by atoms with Crippen molar-refractivity contribution >= 4 is 17.8 Å². The monoisotopic (exact) mass is 224 g/mol. The van der Waals surface area contributed by atoms with Crippen molar-refractivity contribution < 1.29 is 19.4 Å². The molecule has 0 fully saturated rings. The van der Waals surface area contributed by atoms with E-state index in [4.69, 9.17) is 5.11 Å². The predicted octanol–water partition coefficient (Wildman–Crippen LogP) is 0.389. The third-order valence-electron chi connectivity index (χ3n) is 1.93. The number of hydrogen-bond acceptors (Lipinski definition) is 5. The van der Waals surface area contributed by atoms with Crippen LogP contribution in [0.4, 0.5) is 5.82 Å². The van der Waals surface area contributed by atoms with Gasteiger partial charge in [-0.3, -0.25) is 4.79 Å². The molecule has 0 atom stereocenters.